The van der Waals surface area contributed by atoms with Crippen LogP contribution in [0, 0.1) is 5.92 Å². The number of nitrogens with one attached hydrogen (secondary N) is 2. The zero-order valence-corrected chi connectivity index (χ0v) is 36.8. The van der Waals surface area contributed by atoms with Gasteiger partial charge in [0.2, 0.25) is 5.56 Å². The summed E-state index contributed by atoms with van der Waals surface area (Å²) in [6, 6.07) is 28.9. The summed E-state index contributed by atoms with van der Waals surface area (Å²) in [5, 5.41) is 25.6. The average Bonchev–Trinajstić information content (AvgIpc) is 3.65. The maximum atomic E-state index is 13.0. The number of H-pyrrole nitrogens is 1. The third-order valence-electron chi connectivity index (χ3n) is 13.0. The highest BCUT2D eigenvalue weighted by Gasteiger charge is 2.41. The molecule has 9 rings (SSSR count). The van der Waals surface area contributed by atoms with Gasteiger partial charge in [-0.15, -0.1) is 0 Å². The molecule has 0 saturated carbocycles. The Kier molecular flexibility index (Phi) is 12.1. The second-order valence-electron chi connectivity index (χ2n) is 18.1. The van der Waals surface area contributed by atoms with Crippen molar-refractivity contribution in [2.75, 3.05) is 31.1 Å². The summed E-state index contributed by atoms with van der Waals surface area (Å²) >= 11 is 0. The van der Waals surface area contributed by atoms with Gasteiger partial charge in [0.15, 0.2) is 19.8 Å². The number of phenolic OH excluding ortho intramolecular Hbond substituents is 1. The van der Waals surface area contributed by atoms with Crippen LogP contribution >= 0.6 is 0 Å². The summed E-state index contributed by atoms with van der Waals surface area (Å²) in [5.74, 6) is 1.04. The molecule has 3 saturated heterocycles. The number of carboxylic acid groups (broad SMARTS) is 1. The quantitative estimate of drug-likeness (QED) is 0.0788. The standard InChI is InChI=1S/C49H57N5O6Si/c1-49(2,3)61(4,5)60-44(37-18-21-42(55)47-38(37)19-22-45(56)52-47)30-50-29-33-16-20-39-43(28-33)59-46(51-39)14-10-9-11-32-15-17-36(34-12-7-6-8-13-34)40(27-32)54(48(57)58)41-31-53-25-23-35(41)24-26-53/h6-9,11-13,15-22,27-28,35,41,44,50,55H,10,14,23-26,29-31H2,1-5H3,(H,52,56)(H,57,58)/b11-9+/t41-,44-/m0/s1. The number of pyridine rings is 1. The minimum atomic E-state index is -2.22. The molecule has 2 atom stereocenters. The van der Waals surface area contributed by atoms with Gasteiger partial charge in [0.05, 0.1) is 23.3 Å². The second kappa shape index (κ2) is 17.4. The molecule has 61 heavy (non-hydrogen) atoms. The molecule has 0 aliphatic carbocycles. The fraction of sp³-hybridized carbons (Fsp3) is 0.367. The van der Waals surface area contributed by atoms with Crippen molar-refractivity contribution in [1.29, 1.82) is 0 Å². The number of aryl methyl sites for hydroxylation is 1. The van der Waals surface area contributed by atoms with Crippen LogP contribution in [0.1, 0.15) is 68.7 Å². The fourth-order valence-corrected chi connectivity index (χ4v) is 9.93. The lowest BCUT2D eigenvalue weighted by atomic mass is 9.82. The predicted molar refractivity (Wildman–Crippen MR) is 246 cm³/mol. The number of piperidine rings is 3. The first-order chi connectivity index (χ1) is 29.2. The molecule has 3 fully saturated rings. The van der Waals surface area contributed by atoms with Gasteiger partial charge in [-0.1, -0.05) is 87.5 Å². The summed E-state index contributed by atoms with van der Waals surface area (Å²) in [4.78, 5) is 36.7. The van der Waals surface area contributed by atoms with Crippen LogP contribution in [-0.4, -0.2) is 71.7 Å². The van der Waals surface area contributed by atoms with Gasteiger partial charge >= 0.3 is 6.09 Å². The number of hydrogen-bond donors (Lipinski definition) is 4. The number of phenols is 1. The van der Waals surface area contributed by atoms with Crippen molar-refractivity contribution in [3.63, 3.8) is 0 Å². The Morgan fingerprint density at radius 3 is 2.56 bits per heavy atom. The van der Waals surface area contributed by atoms with Crippen LogP contribution in [0.3, 0.4) is 0 Å². The van der Waals surface area contributed by atoms with Crippen LogP contribution in [-0.2, 0) is 17.4 Å². The number of aromatic nitrogens is 2. The van der Waals surface area contributed by atoms with E-state index in [2.05, 4.69) is 79.4 Å². The minimum absolute atomic E-state index is 0.0225. The normalized spacial score (nSPS) is 18.6. The van der Waals surface area contributed by atoms with E-state index in [1.807, 2.05) is 54.6 Å². The van der Waals surface area contributed by atoms with E-state index in [0.717, 1.165) is 82.5 Å². The Bertz CT molecular complexity index is 2610. The highest BCUT2D eigenvalue weighted by Crippen LogP contribution is 2.42. The third kappa shape index (κ3) is 9.23. The largest absolute Gasteiger partial charge is 0.506 e. The van der Waals surface area contributed by atoms with Crippen LogP contribution in [0.15, 0.2) is 106 Å². The third-order valence-corrected chi connectivity index (χ3v) is 17.5. The molecule has 12 heteroatoms. The number of hydrogen-bond acceptors (Lipinski definition) is 8. The van der Waals surface area contributed by atoms with Crippen molar-refractivity contribution in [1.82, 2.24) is 20.2 Å². The average molecular weight is 840 g/mol. The number of rotatable bonds is 14. The van der Waals surface area contributed by atoms with Crippen molar-refractivity contribution in [3.8, 4) is 16.9 Å². The molecule has 318 valence electrons. The molecule has 3 aliphatic rings. The Hall–Kier alpha value is -5.53. The first-order valence-electron chi connectivity index (χ1n) is 21.5. The summed E-state index contributed by atoms with van der Waals surface area (Å²) in [6.07, 6.45) is 6.31. The summed E-state index contributed by atoms with van der Waals surface area (Å²) in [7, 11) is -2.22. The smallest absolute Gasteiger partial charge is 0.412 e. The summed E-state index contributed by atoms with van der Waals surface area (Å²) < 4.78 is 13.2. The van der Waals surface area contributed by atoms with Gasteiger partial charge in [-0.2, -0.15) is 0 Å². The van der Waals surface area contributed by atoms with E-state index in [4.69, 9.17) is 13.8 Å². The van der Waals surface area contributed by atoms with Crippen molar-refractivity contribution < 1.29 is 23.9 Å². The first-order valence-corrected chi connectivity index (χ1v) is 24.4. The molecule has 2 aromatic heterocycles. The maximum Gasteiger partial charge on any atom is 0.412 e. The topological polar surface area (TPSA) is 144 Å². The highest BCUT2D eigenvalue weighted by molar-refractivity contribution is 6.74. The minimum Gasteiger partial charge on any atom is -0.506 e. The van der Waals surface area contributed by atoms with Crippen molar-refractivity contribution in [2.45, 2.75) is 83.3 Å². The first kappa shape index (κ1) is 42.2. The van der Waals surface area contributed by atoms with Gasteiger partial charge in [-0.05, 0) is 109 Å². The van der Waals surface area contributed by atoms with E-state index in [1.54, 1.807) is 17.0 Å². The monoisotopic (exact) mass is 839 g/mol. The SMILES string of the molecule is CC(C)(C)[Si](C)(C)O[C@@H](CNCc1ccc2nc(CC/C=C/c3ccc(-c4ccccc4)c(N(C(=O)O)[C@H]4CN5CCC4CC5)c3)oc2c1)c1ccc(O)c2[nH]c(=O)ccc12. The number of anilines is 1. The van der Waals surface area contributed by atoms with Crippen molar-refractivity contribution in [3.05, 3.63) is 130 Å². The summed E-state index contributed by atoms with van der Waals surface area (Å²) in [5.41, 5.74) is 7.20. The number of nitrogens with zero attached hydrogens (tertiary/aromatic N) is 3. The zero-order chi connectivity index (χ0) is 42.9. The Labute approximate surface area is 358 Å². The lowest BCUT2D eigenvalue weighted by Gasteiger charge is -2.48. The van der Waals surface area contributed by atoms with Gasteiger partial charge in [0, 0.05) is 43.1 Å². The number of amides is 1. The van der Waals surface area contributed by atoms with Crippen molar-refractivity contribution >= 4 is 48.2 Å². The molecule has 3 aliphatic heterocycles. The number of oxazole rings is 1. The fourth-order valence-electron chi connectivity index (χ4n) is 8.66. The predicted octanol–water partition coefficient (Wildman–Crippen LogP) is 10.1. The second-order valence-corrected chi connectivity index (χ2v) is 22.9. The molecule has 4 aromatic carbocycles. The molecule has 6 aromatic rings. The molecule has 2 bridgehead atoms. The number of carbonyl (C=O) groups is 1. The molecule has 4 N–H and O–H groups in total. The highest BCUT2D eigenvalue weighted by atomic mass is 28.4. The molecule has 0 spiro atoms. The zero-order valence-electron chi connectivity index (χ0n) is 35.8. The lowest BCUT2D eigenvalue weighted by molar-refractivity contribution is 0.0838. The van der Waals surface area contributed by atoms with Crippen LogP contribution in [0.25, 0.3) is 39.2 Å². The number of allylic oxidation sites excluding steroid dienone is 1. The summed E-state index contributed by atoms with van der Waals surface area (Å²) in [6.45, 7) is 15.0. The van der Waals surface area contributed by atoms with E-state index in [1.165, 1.54) is 6.07 Å². The van der Waals surface area contributed by atoms with E-state index in [-0.39, 0.29) is 28.5 Å². The molecule has 11 nitrogen and oxygen atoms in total. The number of fused-ring (bicyclic) bond motifs is 5. The van der Waals surface area contributed by atoms with Crippen molar-refractivity contribution in [2.24, 2.45) is 5.92 Å². The van der Waals surface area contributed by atoms with Gasteiger partial charge in [-0.3, -0.25) is 9.69 Å². The molecule has 5 heterocycles. The Balaban J connectivity index is 0.946. The molecular weight excluding hydrogens is 783 g/mol. The van der Waals surface area contributed by atoms with Crippen LogP contribution in [0.4, 0.5) is 10.5 Å². The van der Waals surface area contributed by atoms with E-state index in [0.29, 0.717) is 43.3 Å². The lowest BCUT2D eigenvalue weighted by Crippen LogP contribution is -2.59. The molecule has 1 amide bonds. The maximum absolute atomic E-state index is 13.0. The van der Waals surface area contributed by atoms with Gasteiger partial charge in [-0.25, -0.2) is 9.78 Å². The molecule has 0 radical (unpaired) electrons. The molecule has 0 unspecified atom stereocenters. The van der Waals surface area contributed by atoms with E-state index in [9.17, 15) is 19.8 Å². The van der Waals surface area contributed by atoms with Crippen LogP contribution in [0.5, 0.6) is 5.75 Å². The number of aromatic hydroxyl groups is 1. The molecular formula is C49H57N5O6Si. The Morgan fingerprint density at radius 2 is 1.84 bits per heavy atom. The van der Waals surface area contributed by atoms with Crippen LogP contribution < -0.4 is 15.8 Å². The van der Waals surface area contributed by atoms with Crippen LogP contribution in [0.2, 0.25) is 18.1 Å². The van der Waals surface area contributed by atoms with E-state index >= 15 is 0 Å². The van der Waals surface area contributed by atoms with Gasteiger partial charge < -0.3 is 34.3 Å². The number of aromatic amines is 1. The van der Waals surface area contributed by atoms with Gasteiger partial charge in [0.1, 0.15) is 11.3 Å². The van der Waals surface area contributed by atoms with E-state index < -0.39 is 14.4 Å². The van der Waals surface area contributed by atoms with Gasteiger partial charge in [0.25, 0.3) is 0 Å². The Morgan fingerprint density at radius 1 is 1.05 bits per heavy atom. The number of benzene rings is 4.